The zero-order valence-corrected chi connectivity index (χ0v) is 31.0. The minimum absolute atomic E-state index is 0.164. The van der Waals surface area contributed by atoms with E-state index in [1.165, 1.54) is 0 Å². The lowest BCUT2D eigenvalue weighted by molar-refractivity contribution is -0.283. The quantitative estimate of drug-likeness (QED) is 0.170. The molecule has 0 radical (unpaired) electrons. The number of benzene rings is 4. The van der Waals surface area contributed by atoms with Crippen molar-refractivity contribution in [2.24, 2.45) is 0 Å². The fourth-order valence-corrected chi connectivity index (χ4v) is 8.43. The van der Waals surface area contributed by atoms with Gasteiger partial charge in [0.2, 0.25) is 0 Å². The number of hydrogen-bond acceptors (Lipinski definition) is 9. The van der Waals surface area contributed by atoms with Gasteiger partial charge in [-0.25, -0.2) is 9.59 Å². The van der Waals surface area contributed by atoms with Gasteiger partial charge in [-0.2, -0.15) is 10.1 Å². The molecule has 53 heavy (non-hydrogen) atoms. The van der Waals surface area contributed by atoms with E-state index in [9.17, 15) is 9.59 Å². The molecule has 2 heterocycles. The molecule has 280 valence electrons. The van der Waals surface area contributed by atoms with Crippen molar-refractivity contribution in [3.05, 3.63) is 94.0 Å². The van der Waals surface area contributed by atoms with E-state index in [-0.39, 0.29) is 13.1 Å². The molecule has 2 fully saturated rings. The predicted octanol–water partition coefficient (Wildman–Crippen LogP) is 7.61. The molecule has 2 unspecified atom stereocenters. The van der Waals surface area contributed by atoms with Gasteiger partial charge in [0.1, 0.15) is 12.2 Å². The van der Waals surface area contributed by atoms with Crippen molar-refractivity contribution < 1.29 is 42.9 Å². The van der Waals surface area contributed by atoms with Crippen molar-refractivity contribution in [2.75, 3.05) is 39.5 Å². The second kappa shape index (κ2) is 14.5. The summed E-state index contributed by atoms with van der Waals surface area (Å²) >= 11 is 0. The Morgan fingerprint density at radius 1 is 0.604 bits per heavy atom. The molecule has 11 heteroatoms. The fourth-order valence-electron chi connectivity index (χ4n) is 8.43. The molecule has 8 rings (SSSR count). The van der Waals surface area contributed by atoms with Crippen molar-refractivity contribution in [1.29, 1.82) is 0 Å². The second-order valence-corrected chi connectivity index (χ2v) is 14.5. The maximum Gasteiger partial charge on any atom is 0.436 e. The highest BCUT2D eigenvalue weighted by Crippen LogP contribution is 2.41. The maximum absolute atomic E-state index is 13.5. The van der Waals surface area contributed by atoms with Crippen LogP contribution in [0.3, 0.4) is 0 Å². The van der Waals surface area contributed by atoms with Crippen LogP contribution in [0.15, 0.2) is 60.7 Å². The first-order chi connectivity index (χ1) is 25.7. The fraction of sp³-hybridized carbons (Fsp3) is 0.476. The van der Waals surface area contributed by atoms with Gasteiger partial charge in [0, 0.05) is 36.8 Å². The van der Waals surface area contributed by atoms with E-state index in [0.29, 0.717) is 52.1 Å². The van der Waals surface area contributed by atoms with Crippen LogP contribution in [0.1, 0.15) is 73.9 Å². The van der Waals surface area contributed by atoms with Crippen LogP contribution in [0.4, 0.5) is 9.59 Å². The highest BCUT2D eigenvalue weighted by molar-refractivity contribution is 5.94. The Bertz CT molecular complexity index is 1850. The summed E-state index contributed by atoms with van der Waals surface area (Å²) in [6.07, 6.45) is 1.79. The van der Waals surface area contributed by atoms with Crippen LogP contribution in [0, 0.1) is 0 Å². The molecule has 2 amide bonds. The van der Waals surface area contributed by atoms with Crippen molar-refractivity contribution in [2.45, 2.75) is 90.0 Å². The van der Waals surface area contributed by atoms with Crippen LogP contribution < -0.4 is 0 Å². The standard InChI is InChI=1S/C42H48N2O9/c1-5-43(39(45)51-31-23-27-11-7-13-33-35(17-15-29(25-31)37(27)33)41(3)47-19-9-20-48-41)53-44(6-2)40(46)52-32-24-28-12-8-14-34-36(18-16-30(26-32)38(28)34)42(4)49-21-10-22-50-42/h7-8,11-18,31-32H,5-6,9-10,19-26H2,1-4H3. The van der Waals surface area contributed by atoms with E-state index in [1.807, 2.05) is 26.0 Å². The maximum atomic E-state index is 13.5. The van der Waals surface area contributed by atoms with Crippen molar-refractivity contribution in [1.82, 2.24) is 10.1 Å². The summed E-state index contributed by atoms with van der Waals surface area (Å²) in [5.41, 5.74) is 6.38. The van der Waals surface area contributed by atoms with Gasteiger partial charge in [-0.15, -0.1) is 4.94 Å². The number of rotatable bonds is 8. The van der Waals surface area contributed by atoms with Gasteiger partial charge < -0.3 is 28.4 Å². The normalized spacial score (nSPS) is 21.6. The number of amides is 2. The topological polar surface area (TPSA) is 105 Å². The summed E-state index contributed by atoms with van der Waals surface area (Å²) in [4.78, 5) is 32.9. The molecule has 4 aromatic carbocycles. The molecule has 2 saturated heterocycles. The smallest absolute Gasteiger partial charge is 0.436 e. The van der Waals surface area contributed by atoms with Gasteiger partial charge in [0.15, 0.2) is 11.6 Å². The summed E-state index contributed by atoms with van der Waals surface area (Å²) in [5.74, 6) is -1.61. The van der Waals surface area contributed by atoms with Crippen LogP contribution in [-0.2, 0) is 70.6 Å². The Labute approximate surface area is 309 Å². The van der Waals surface area contributed by atoms with Crippen LogP contribution >= 0.6 is 0 Å². The molecule has 0 saturated carbocycles. The van der Waals surface area contributed by atoms with Gasteiger partial charge in [0.25, 0.3) is 0 Å². The third-order valence-electron chi connectivity index (χ3n) is 11.0. The number of carbonyl (C=O) groups excluding carboxylic acids is 2. The lowest BCUT2D eigenvalue weighted by Gasteiger charge is -2.36. The first-order valence-corrected chi connectivity index (χ1v) is 19.0. The zero-order valence-electron chi connectivity index (χ0n) is 31.0. The molecule has 4 aromatic rings. The third kappa shape index (κ3) is 6.74. The largest absolute Gasteiger partial charge is 0.444 e. The first kappa shape index (κ1) is 35.8. The van der Waals surface area contributed by atoms with Crippen LogP contribution in [-0.4, -0.2) is 74.0 Å². The number of hydrogen-bond donors (Lipinski definition) is 0. The van der Waals surface area contributed by atoms with Crippen molar-refractivity contribution >= 4 is 33.7 Å². The van der Waals surface area contributed by atoms with Crippen molar-refractivity contribution in [3.63, 3.8) is 0 Å². The second-order valence-electron chi connectivity index (χ2n) is 14.5. The Morgan fingerprint density at radius 2 is 0.981 bits per heavy atom. The minimum Gasteiger partial charge on any atom is -0.444 e. The summed E-state index contributed by atoms with van der Waals surface area (Å²) in [7, 11) is 0. The molecule has 2 aliphatic heterocycles. The number of nitrogens with zero attached hydrogens (tertiary/aromatic N) is 2. The summed E-state index contributed by atoms with van der Waals surface area (Å²) < 4.78 is 36.4. The lowest BCUT2D eigenvalue weighted by Crippen LogP contribution is -2.45. The Hall–Kier alpha value is -4.26. The van der Waals surface area contributed by atoms with Gasteiger partial charge in [-0.05, 0) is 84.3 Å². The van der Waals surface area contributed by atoms with E-state index in [2.05, 4.69) is 48.5 Å². The van der Waals surface area contributed by atoms with E-state index in [1.54, 1.807) is 13.8 Å². The molecule has 0 spiro atoms. The van der Waals surface area contributed by atoms with Gasteiger partial charge in [-0.1, -0.05) is 60.7 Å². The monoisotopic (exact) mass is 724 g/mol. The molecule has 2 atom stereocenters. The van der Waals surface area contributed by atoms with Gasteiger partial charge in [0.05, 0.1) is 39.5 Å². The third-order valence-corrected chi connectivity index (χ3v) is 11.0. The first-order valence-electron chi connectivity index (χ1n) is 19.0. The Morgan fingerprint density at radius 3 is 1.36 bits per heavy atom. The van der Waals surface area contributed by atoms with Crippen LogP contribution in [0.25, 0.3) is 21.5 Å². The molecule has 2 aliphatic carbocycles. The average Bonchev–Trinajstić information content (AvgIpc) is 3.16. The van der Waals surface area contributed by atoms with Gasteiger partial charge >= 0.3 is 12.2 Å². The molecule has 0 N–H and O–H groups in total. The SMILES string of the molecule is CCN(ON(CC)C(=O)OC1Cc2cccc3c(C4(C)OCCCO4)ccc(c23)C1)C(=O)OC1Cc2cccc3c(C4(C)OCCCO4)ccc(c23)C1. The van der Waals surface area contributed by atoms with E-state index in [0.717, 1.165) is 77.9 Å². The molecule has 11 nitrogen and oxygen atoms in total. The summed E-state index contributed by atoms with van der Waals surface area (Å²) in [6.45, 7) is 10.4. The van der Waals surface area contributed by atoms with E-state index in [4.69, 9.17) is 33.4 Å². The van der Waals surface area contributed by atoms with Crippen molar-refractivity contribution in [3.8, 4) is 0 Å². The highest BCUT2D eigenvalue weighted by atomic mass is 16.9. The minimum atomic E-state index is -0.804. The predicted molar refractivity (Wildman–Crippen MR) is 197 cm³/mol. The number of hydroxylamine groups is 4. The Balaban J connectivity index is 0.915. The van der Waals surface area contributed by atoms with Crippen LogP contribution in [0.2, 0.25) is 0 Å². The summed E-state index contributed by atoms with van der Waals surface area (Å²) in [6, 6.07) is 20.7. The molecule has 0 bridgehead atoms. The molecule has 4 aliphatic rings. The number of ether oxygens (including phenoxy) is 6. The molecule has 0 aromatic heterocycles. The Kier molecular flexibility index (Phi) is 9.80. The lowest BCUT2D eigenvalue weighted by atomic mass is 9.84. The number of carbonyl (C=O) groups is 2. The summed E-state index contributed by atoms with van der Waals surface area (Å²) in [5, 5.41) is 6.62. The average molecular weight is 725 g/mol. The van der Waals surface area contributed by atoms with E-state index < -0.39 is 36.0 Å². The molecular formula is C42H48N2O9. The highest BCUT2D eigenvalue weighted by Gasteiger charge is 2.37. The van der Waals surface area contributed by atoms with Crippen LogP contribution in [0.5, 0.6) is 0 Å². The van der Waals surface area contributed by atoms with Gasteiger partial charge in [-0.3, -0.25) is 0 Å². The van der Waals surface area contributed by atoms with E-state index >= 15 is 0 Å². The zero-order chi connectivity index (χ0) is 36.7. The molecular weight excluding hydrogens is 676 g/mol.